The van der Waals surface area contributed by atoms with Crippen LogP contribution in [0.5, 0.6) is 5.75 Å². The summed E-state index contributed by atoms with van der Waals surface area (Å²) in [4.78, 5) is 4.66. The average Bonchev–Trinajstić information content (AvgIpc) is 2.97. The van der Waals surface area contributed by atoms with Crippen LogP contribution in [0.25, 0.3) is 10.9 Å². The van der Waals surface area contributed by atoms with Crippen molar-refractivity contribution in [2.45, 2.75) is 11.3 Å². The molecule has 0 radical (unpaired) electrons. The number of rotatable bonds is 3. The molecule has 0 fully saturated rings. The van der Waals surface area contributed by atoms with Crippen LogP contribution in [0.2, 0.25) is 0 Å². The van der Waals surface area contributed by atoms with Crippen molar-refractivity contribution in [2.24, 2.45) is 0 Å². The first-order valence-corrected chi connectivity index (χ1v) is 9.67. The topological polar surface area (TPSA) is 92.1 Å². The van der Waals surface area contributed by atoms with E-state index in [1.54, 1.807) is 19.2 Å². The number of nitriles is 1. The number of anilines is 2. The van der Waals surface area contributed by atoms with E-state index in [-0.39, 0.29) is 5.75 Å². The Kier molecular flexibility index (Phi) is 3.78. The van der Waals surface area contributed by atoms with Gasteiger partial charge in [-0.1, -0.05) is 6.07 Å². The molecule has 0 saturated heterocycles. The van der Waals surface area contributed by atoms with Gasteiger partial charge in [0.05, 0.1) is 34.5 Å². The van der Waals surface area contributed by atoms with Gasteiger partial charge in [-0.05, 0) is 36.2 Å². The van der Waals surface area contributed by atoms with Gasteiger partial charge in [0.25, 0.3) is 0 Å². The fourth-order valence-corrected chi connectivity index (χ4v) is 4.83. The monoisotopic (exact) mass is 365 g/mol. The largest absolute Gasteiger partial charge is 0.497 e. The van der Waals surface area contributed by atoms with E-state index in [0.29, 0.717) is 39.2 Å². The van der Waals surface area contributed by atoms with E-state index in [9.17, 15) is 13.7 Å². The van der Waals surface area contributed by atoms with Gasteiger partial charge in [0, 0.05) is 23.3 Å². The number of hydrogen-bond acceptors (Lipinski definition) is 6. The number of aromatic nitrogens is 1. The van der Waals surface area contributed by atoms with Crippen molar-refractivity contribution in [3.63, 3.8) is 0 Å². The molecule has 0 amide bonds. The molecule has 1 aromatic heterocycles. The molecule has 0 atom stereocenters. The van der Waals surface area contributed by atoms with Crippen LogP contribution in [0.1, 0.15) is 11.1 Å². The number of nitrogens with one attached hydrogen (secondary N) is 1. The van der Waals surface area contributed by atoms with Crippen molar-refractivity contribution in [1.29, 1.82) is 5.26 Å². The molecule has 0 unspecified atom stereocenters. The summed E-state index contributed by atoms with van der Waals surface area (Å²) in [6, 6.07) is 12.8. The fraction of sp³-hybridized carbons (Fsp3) is 0.158. The van der Waals surface area contributed by atoms with E-state index >= 15 is 0 Å². The summed E-state index contributed by atoms with van der Waals surface area (Å²) in [5.41, 5.74) is 3.05. The Morgan fingerprint density at radius 2 is 2.12 bits per heavy atom. The number of aryl methyl sites for hydroxylation is 1. The molecule has 1 N–H and O–H groups in total. The minimum Gasteiger partial charge on any atom is -0.497 e. The van der Waals surface area contributed by atoms with E-state index in [4.69, 9.17) is 4.74 Å². The Morgan fingerprint density at radius 1 is 1.27 bits per heavy atom. The van der Waals surface area contributed by atoms with Crippen molar-refractivity contribution in [1.82, 2.24) is 4.98 Å². The van der Waals surface area contributed by atoms with Crippen LogP contribution in [-0.2, 0) is 16.3 Å². The Hall–Kier alpha value is -3.11. The minimum absolute atomic E-state index is 0.0802. The van der Waals surface area contributed by atoms with Crippen molar-refractivity contribution < 1.29 is 13.2 Å². The smallest absolute Gasteiger partial charge is 0.179 e. The zero-order valence-electron chi connectivity index (χ0n) is 14.0. The first-order chi connectivity index (χ1) is 12.5. The van der Waals surface area contributed by atoms with Crippen molar-refractivity contribution in [3.8, 4) is 11.8 Å². The Labute approximate surface area is 151 Å². The molecule has 26 heavy (non-hydrogen) atoms. The molecule has 4 rings (SSSR count). The molecule has 0 saturated carbocycles. The highest BCUT2D eigenvalue weighted by Crippen LogP contribution is 2.38. The maximum atomic E-state index is 12.3. The quantitative estimate of drug-likeness (QED) is 0.766. The maximum Gasteiger partial charge on any atom is 0.179 e. The highest BCUT2D eigenvalue weighted by Gasteiger charge is 2.29. The van der Waals surface area contributed by atoms with Gasteiger partial charge in [0.15, 0.2) is 9.84 Å². The number of fused-ring (bicyclic) bond motifs is 3. The normalized spacial score (nSPS) is 14.6. The number of benzene rings is 2. The van der Waals surface area contributed by atoms with E-state index in [0.717, 1.165) is 11.3 Å². The van der Waals surface area contributed by atoms with Crippen molar-refractivity contribution in [2.75, 3.05) is 18.2 Å². The van der Waals surface area contributed by atoms with E-state index in [1.807, 2.05) is 24.3 Å². The third-order valence-corrected chi connectivity index (χ3v) is 6.31. The second-order valence-electron chi connectivity index (χ2n) is 6.02. The zero-order chi connectivity index (χ0) is 18.3. The fourth-order valence-electron chi connectivity index (χ4n) is 3.28. The van der Waals surface area contributed by atoms with Crippen LogP contribution in [0.4, 0.5) is 11.4 Å². The van der Waals surface area contributed by atoms with Gasteiger partial charge in [-0.3, -0.25) is 4.98 Å². The predicted octanol–water partition coefficient (Wildman–Crippen LogP) is 3.19. The molecular formula is C19H15N3O3S. The number of pyridine rings is 1. The lowest BCUT2D eigenvalue weighted by molar-refractivity contribution is 0.415. The van der Waals surface area contributed by atoms with Gasteiger partial charge in [-0.2, -0.15) is 5.26 Å². The second kappa shape index (κ2) is 6.00. The van der Waals surface area contributed by atoms with Crippen LogP contribution in [0.15, 0.2) is 47.5 Å². The number of nitrogens with zero attached hydrogens (tertiary/aromatic N) is 2. The number of sulfone groups is 1. The van der Waals surface area contributed by atoms with Gasteiger partial charge in [-0.15, -0.1) is 0 Å². The molecule has 0 bridgehead atoms. The summed E-state index contributed by atoms with van der Waals surface area (Å²) in [6.45, 7) is 0. The lowest BCUT2D eigenvalue weighted by Gasteiger charge is -2.14. The summed E-state index contributed by atoms with van der Waals surface area (Å²) in [5, 5.41) is 13.5. The van der Waals surface area contributed by atoms with Crippen LogP contribution in [0.3, 0.4) is 0 Å². The lowest BCUT2D eigenvalue weighted by atomic mass is 10.0. The van der Waals surface area contributed by atoms with Crippen LogP contribution < -0.4 is 10.1 Å². The Balaban J connectivity index is 1.98. The summed E-state index contributed by atoms with van der Waals surface area (Å²) in [7, 11) is -1.69. The first-order valence-electron chi connectivity index (χ1n) is 8.02. The third-order valence-electron chi connectivity index (χ3n) is 4.52. The Morgan fingerprint density at radius 3 is 2.88 bits per heavy atom. The second-order valence-corrected chi connectivity index (χ2v) is 8.10. The third kappa shape index (κ3) is 2.55. The Bertz CT molecular complexity index is 1180. The number of methoxy groups -OCH3 is 1. The van der Waals surface area contributed by atoms with Crippen molar-refractivity contribution in [3.05, 3.63) is 53.7 Å². The van der Waals surface area contributed by atoms with E-state index < -0.39 is 9.84 Å². The van der Waals surface area contributed by atoms with Crippen LogP contribution in [-0.4, -0.2) is 26.3 Å². The number of hydrogen-bond donors (Lipinski definition) is 1. The molecule has 3 aromatic rings. The molecule has 130 valence electrons. The SMILES string of the molecule is COc1cccc(Nc2c(C#N)cnc3ccc4c(c23)CCS4(=O)=O)c1. The number of ether oxygens (including phenoxy) is 1. The molecule has 2 heterocycles. The van der Waals surface area contributed by atoms with Gasteiger partial charge in [0.2, 0.25) is 0 Å². The standard InChI is InChI=1S/C19H15N3O3S/c1-25-14-4-2-3-13(9-14)22-19-12(10-20)11-21-16-5-6-17-15(18(16)19)7-8-26(17,23)24/h2-6,9,11H,7-8H2,1H3,(H,21,22). The van der Waals surface area contributed by atoms with Crippen LogP contribution >= 0.6 is 0 Å². The minimum atomic E-state index is -3.28. The van der Waals surface area contributed by atoms with E-state index in [2.05, 4.69) is 16.4 Å². The summed E-state index contributed by atoms with van der Waals surface area (Å²) >= 11 is 0. The maximum absolute atomic E-state index is 12.3. The molecular weight excluding hydrogens is 350 g/mol. The highest BCUT2D eigenvalue weighted by atomic mass is 32.2. The molecule has 7 heteroatoms. The van der Waals surface area contributed by atoms with Gasteiger partial charge < -0.3 is 10.1 Å². The molecule has 1 aliphatic rings. The summed E-state index contributed by atoms with van der Waals surface area (Å²) in [6.07, 6.45) is 1.92. The first kappa shape index (κ1) is 16.4. The van der Waals surface area contributed by atoms with Gasteiger partial charge >= 0.3 is 0 Å². The molecule has 0 aliphatic carbocycles. The van der Waals surface area contributed by atoms with Gasteiger partial charge in [-0.25, -0.2) is 8.42 Å². The van der Waals surface area contributed by atoms with Crippen molar-refractivity contribution >= 4 is 32.1 Å². The zero-order valence-corrected chi connectivity index (χ0v) is 14.8. The summed E-state index contributed by atoms with van der Waals surface area (Å²) in [5.74, 6) is 0.760. The van der Waals surface area contributed by atoms with Crippen LogP contribution in [0, 0.1) is 11.3 Å². The van der Waals surface area contributed by atoms with E-state index in [1.165, 1.54) is 6.20 Å². The summed E-state index contributed by atoms with van der Waals surface area (Å²) < 4.78 is 29.8. The molecule has 2 aromatic carbocycles. The average molecular weight is 365 g/mol. The predicted molar refractivity (Wildman–Crippen MR) is 98.5 cm³/mol. The van der Waals surface area contributed by atoms with Gasteiger partial charge in [0.1, 0.15) is 11.8 Å². The molecule has 0 spiro atoms. The molecule has 6 nitrogen and oxygen atoms in total. The lowest BCUT2D eigenvalue weighted by Crippen LogP contribution is -2.00. The highest BCUT2D eigenvalue weighted by molar-refractivity contribution is 7.91. The molecule has 1 aliphatic heterocycles.